The van der Waals surface area contributed by atoms with Crippen molar-refractivity contribution in [1.29, 1.82) is 0 Å². The lowest BCUT2D eigenvalue weighted by atomic mass is 9.91. The lowest BCUT2D eigenvalue weighted by Crippen LogP contribution is -2.17. The molecule has 238 valence electrons. The SMILES string of the molecule is CCC(=O)OC(CC)c1ccc(-c2ccc3c(c2)sc2c4ccc(-c5ccc6c(c5)C=CCC6OC(=O)C(C)C)cc4sc32)cc1C. The molecule has 0 saturated carbocycles. The smallest absolute Gasteiger partial charge is 0.308 e. The maximum atomic E-state index is 12.3. The van der Waals surface area contributed by atoms with Crippen LogP contribution in [0, 0.1) is 12.8 Å². The van der Waals surface area contributed by atoms with E-state index in [0.717, 1.165) is 34.2 Å². The van der Waals surface area contributed by atoms with Crippen LogP contribution in [0.1, 0.15) is 81.4 Å². The monoisotopic (exact) mass is 658 g/mol. The van der Waals surface area contributed by atoms with Crippen molar-refractivity contribution in [2.24, 2.45) is 5.92 Å². The number of carbonyl (C=O) groups excluding carboxylic acids is 2. The van der Waals surface area contributed by atoms with Gasteiger partial charge in [-0.05, 0) is 70.5 Å². The highest BCUT2D eigenvalue weighted by Gasteiger charge is 2.23. The summed E-state index contributed by atoms with van der Waals surface area (Å²) >= 11 is 3.72. The summed E-state index contributed by atoms with van der Waals surface area (Å²) in [5.74, 6) is -0.463. The first-order valence-electron chi connectivity index (χ1n) is 16.4. The van der Waals surface area contributed by atoms with Crippen LogP contribution in [0.2, 0.25) is 0 Å². The summed E-state index contributed by atoms with van der Waals surface area (Å²) in [4.78, 5) is 24.2. The molecule has 0 N–H and O–H groups in total. The number of thiophene rings is 2. The normalized spacial score (nSPS) is 15.0. The first kappa shape index (κ1) is 31.3. The van der Waals surface area contributed by atoms with Gasteiger partial charge in [0.2, 0.25) is 0 Å². The van der Waals surface area contributed by atoms with Gasteiger partial charge in [-0.1, -0.05) is 94.4 Å². The summed E-state index contributed by atoms with van der Waals surface area (Å²) in [5, 5.41) is 2.59. The Kier molecular flexibility index (Phi) is 8.50. The molecule has 0 amide bonds. The molecule has 0 aliphatic heterocycles. The average molecular weight is 659 g/mol. The van der Waals surface area contributed by atoms with E-state index in [4.69, 9.17) is 9.47 Å². The van der Waals surface area contributed by atoms with Gasteiger partial charge in [-0.15, -0.1) is 22.7 Å². The molecule has 1 aliphatic rings. The van der Waals surface area contributed by atoms with E-state index >= 15 is 0 Å². The largest absolute Gasteiger partial charge is 0.457 e. The molecule has 0 bridgehead atoms. The molecule has 4 nitrogen and oxygen atoms in total. The summed E-state index contributed by atoms with van der Waals surface area (Å²) in [5.41, 5.74) is 9.09. The van der Waals surface area contributed by atoms with Crippen molar-refractivity contribution in [3.63, 3.8) is 0 Å². The molecule has 0 spiro atoms. The van der Waals surface area contributed by atoms with Crippen molar-refractivity contribution in [2.75, 3.05) is 0 Å². The zero-order valence-corrected chi connectivity index (χ0v) is 29.0. The minimum absolute atomic E-state index is 0.142. The number of benzene rings is 4. The number of rotatable bonds is 8. The van der Waals surface area contributed by atoms with Crippen LogP contribution in [0.5, 0.6) is 0 Å². The van der Waals surface area contributed by atoms with Crippen LogP contribution in [-0.4, -0.2) is 11.9 Å². The summed E-state index contributed by atoms with van der Waals surface area (Å²) in [6.45, 7) is 9.72. The molecule has 6 heteroatoms. The molecule has 0 radical (unpaired) electrons. The molecule has 2 unspecified atom stereocenters. The van der Waals surface area contributed by atoms with Crippen LogP contribution in [0.4, 0.5) is 0 Å². The second kappa shape index (κ2) is 12.7. The van der Waals surface area contributed by atoms with E-state index in [-0.39, 0.29) is 30.1 Å². The number of aryl methyl sites for hydroxylation is 1. The van der Waals surface area contributed by atoms with Crippen LogP contribution in [0.15, 0.2) is 78.9 Å². The second-order valence-corrected chi connectivity index (χ2v) is 14.8. The van der Waals surface area contributed by atoms with Crippen molar-refractivity contribution < 1.29 is 19.1 Å². The highest BCUT2D eigenvalue weighted by molar-refractivity contribution is 7.36. The molecule has 1 aliphatic carbocycles. The van der Waals surface area contributed by atoms with Crippen molar-refractivity contribution in [1.82, 2.24) is 0 Å². The Morgan fingerprint density at radius 3 is 2.00 bits per heavy atom. The van der Waals surface area contributed by atoms with E-state index in [1.54, 1.807) is 0 Å². The van der Waals surface area contributed by atoms with E-state index in [9.17, 15) is 9.59 Å². The van der Waals surface area contributed by atoms with E-state index in [1.165, 1.54) is 46.3 Å². The Morgan fingerprint density at radius 2 is 1.40 bits per heavy atom. The van der Waals surface area contributed by atoms with E-state index < -0.39 is 0 Å². The number of hydrogen-bond acceptors (Lipinski definition) is 6. The van der Waals surface area contributed by atoms with Gasteiger partial charge in [0.15, 0.2) is 0 Å². The topological polar surface area (TPSA) is 52.6 Å². The molecular weight excluding hydrogens is 621 g/mol. The molecular formula is C41H38O4S2. The summed E-state index contributed by atoms with van der Waals surface area (Å²) in [6.07, 6.45) is 5.64. The number of ether oxygens (including phenoxy) is 2. The van der Waals surface area contributed by atoms with Gasteiger partial charge in [-0.3, -0.25) is 9.59 Å². The third kappa shape index (κ3) is 5.90. The lowest BCUT2D eigenvalue weighted by molar-refractivity contribution is -0.153. The van der Waals surface area contributed by atoms with E-state index in [0.29, 0.717) is 12.8 Å². The van der Waals surface area contributed by atoms with Gasteiger partial charge in [0, 0.05) is 38.6 Å². The Bertz CT molecular complexity index is 2200. The molecule has 2 heterocycles. The number of fused-ring (bicyclic) bond motifs is 6. The fraction of sp³-hybridized carbons (Fsp3) is 0.268. The number of hydrogen-bond donors (Lipinski definition) is 0. The average Bonchev–Trinajstić information content (AvgIpc) is 3.62. The molecule has 0 saturated heterocycles. The first-order valence-corrected chi connectivity index (χ1v) is 18.1. The zero-order chi connectivity index (χ0) is 32.8. The summed E-state index contributed by atoms with van der Waals surface area (Å²) in [6, 6.07) is 26.5. The Balaban J connectivity index is 1.17. The Labute approximate surface area is 283 Å². The third-order valence-electron chi connectivity index (χ3n) is 9.11. The summed E-state index contributed by atoms with van der Waals surface area (Å²) in [7, 11) is 0. The van der Waals surface area contributed by atoms with Crippen LogP contribution in [-0.2, 0) is 19.1 Å². The molecule has 4 aromatic carbocycles. The first-order chi connectivity index (χ1) is 22.7. The van der Waals surface area contributed by atoms with E-state index in [2.05, 4.69) is 98.8 Å². The van der Waals surface area contributed by atoms with Gasteiger partial charge < -0.3 is 9.47 Å². The van der Waals surface area contributed by atoms with Gasteiger partial charge in [-0.25, -0.2) is 0 Å². The van der Waals surface area contributed by atoms with E-state index in [1.807, 2.05) is 43.4 Å². The summed E-state index contributed by atoms with van der Waals surface area (Å²) < 4.78 is 16.8. The predicted molar refractivity (Wildman–Crippen MR) is 197 cm³/mol. The fourth-order valence-electron chi connectivity index (χ4n) is 6.47. The van der Waals surface area contributed by atoms with Crippen molar-refractivity contribution in [3.05, 3.63) is 101 Å². The minimum atomic E-state index is -0.229. The minimum Gasteiger partial charge on any atom is -0.457 e. The third-order valence-corrected chi connectivity index (χ3v) is 11.6. The van der Waals surface area contributed by atoms with Gasteiger partial charge >= 0.3 is 11.9 Å². The van der Waals surface area contributed by atoms with Crippen LogP contribution in [0.25, 0.3) is 57.9 Å². The maximum Gasteiger partial charge on any atom is 0.308 e. The quantitative estimate of drug-likeness (QED) is 0.153. The van der Waals surface area contributed by atoms with Crippen LogP contribution < -0.4 is 0 Å². The Hall–Kier alpha value is -4.26. The lowest BCUT2D eigenvalue weighted by Gasteiger charge is -2.23. The van der Waals surface area contributed by atoms with Gasteiger partial charge in [-0.2, -0.15) is 0 Å². The van der Waals surface area contributed by atoms with Crippen LogP contribution in [0.3, 0.4) is 0 Å². The molecule has 2 aromatic heterocycles. The standard InChI is InChI=1S/C41H38O4S2/c1-6-34(44-38(42)7-2)30-15-11-25(19-24(30)5)27-13-17-32-36(21-27)46-40-33-18-14-28(22-37(33)47-39(32)40)26-12-16-31-29(20-26)9-8-10-35(31)45-41(43)23(3)4/h8-9,11-23,34-35H,6-7,10H2,1-5H3. The molecule has 7 rings (SSSR count). The number of carbonyl (C=O) groups is 2. The van der Waals surface area contributed by atoms with Gasteiger partial charge in [0.05, 0.1) is 15.3 Å². The zero-order valence-electron chi connectivity index (χ0n) is 27.4. The molecule has 47 heavy (non-hydrogen) atoms. The Morgan fingerprint density at radius 1 is 0.809 bits per heavy atom. The van der Waals surface area contributed by atoms with Crippen molar-refractivity contribution in [3.8, 4) is 22.3 Å². The van der Waals surface area contributed by atoms with Crippen LogP contribution >= 0.6 is 22.7 Å². The van der Waals surface area contributed by atoms with Crippen molar-refractivity contribution >= 4 is 70.3 Å². The fourth-order valence-corrected chi connectivity index (χ4v) is 9.20. The highest BCUT2D eigenvalue weighted by Crippen LogP contribution is 2.46. The van der Waals surface area contributed by atoms with Gasteiger partial charge in [0.25, 0.3) is 0 Å². The maximum absolute atomic E-state index is 12.3. The van der Waals surface area contributed by atoms with Gasteiger partial charge in [0.1, 0.15) is 12.2 Å². The predicted octanol–water partition coefficient (Wildman–Crippen LogP) is 12.0. The second-order valence-electron chi connectivity index (χ2n) is 12.7. The molecule has 0 fully saturated rings. The van der Waals surface area contributed by atoms with Crippen molar-refractivity contribution in [2.45, 2.75) is 66.1 Å². The molecule has 6 aromatic rings. The molecule has 2 atom stereocenters. The highest BCUT2D eigenvalue weighted by atomic mass is 32.1. The number of esters is 2.